The molecule has 0 bridgehead atoms. The topological polar surface area (TPSA) is 284 Å². The van der Waals surface area contributed by atoms with Crippen LogP contribution in [0.3, 0.4) is 0 Å². The first-order valence-electron chi connectivity index (χ1n) is 21.7. The van der Waals surface area contributed by atoms with Crippen LogP contribution < -0.4 is 36.9 Å². The Morgan fingerprint density at radius 1 is 0.824 bits per heavy atom. The number of imide groups is 1. The van der Waals surface area contributed by atoms with Gasteiger partial charge in [0.15, 0.2) is 0 Å². The van der Waals surface area contributed by atoms with Gasteiger partial charge >= 0.3 is 0 Å². The number of thiol groups is 1. The number of imidazole rings is 2. The van der Waals surface area contributed by atoms with Crippen molar-refractivity contribution in [2.75, 3.05) is 37.4 Å². The summed E-state index contributed by atoms with van der Waals surface area (Å²) in [5.74, 6) is -2.09. The van der Waals surface area contributed by atoms with Gasteiger partial charge in [0.25, 0.3) is 11.8 Å². The normalized spacial score (nSPS) is 13.8. The highest BCUT2D eigenvalue weighted by Gasteiger charge is 2.37. The Hall–Kier alpha value is -7.95. The van der Waals surface area contributed by atoms with E-state index in [0.29, 0.717) is 81.4 Å². The summed E-state index contributed by atoms with van der Waals surface area (Å²) in [6.45, 7) is 12.3. The van der Waals surface area contributed by atoms with E-state index in [2.05, 4.69) is 45.4 Å². The highest BCUT2D eigenvalue weighted by molar-refractivity contribution is 7.81. The van der Waals surface area contributed by atoms with Crippen molar-refractivity contribution >= 4 is 87.7 Å². The van der Waals surface area contributed by atoms with Crippen LogP contribution in [0.15, 0.2) is 55.1 Å². The van der Waals surface area contributed by atoms with E-state index in [1.807, 2.05) is 26.0 Å². The summed E-state index contributed by atoms with van der Waals surface area (Å²) in [6.07, 6.45) is 3.93. The van der Waals surface area contributed by atoms with Gasteiger partial charge in [0.1, 0.15) is 40.5 Å². The molecule has 7 rings (SSSR count). The Morgan fingerprint density at radius 3 is 1.84 bits per heavy atom. The maximum Gasteiger partial charge on any atom is 0.276 e. The summed E-state index contributed by atoms with van der Waals surface area (Å²) in [7, 11) is 1.45. The molecule has 1 aliphatic rings. The number of nitrogens with two attached hydrogens (primary N) is 2. The van der Waals surface area contributed by atoms with Gasteiger partial charge in [0, 0.05) is 56.0 Å². The standard InChI is InChI=1S/C45H52N14O8S/c1-7-58-31(16-24(3)53-58)41(63)51-44-50-30-19-28(40(47)62)21-33(66-6)38(30)55(44)13-9-10-14-56-39-29(49-45(56)52-42(64)32-17-25(4)54-59(32)8-2)18-27(26(5)46)20-34(39)67-15-11-12-48-36(60)23-57-37(61)22-35(68)43(57)65/h9-10,16-21,35,68H,5,7-8,11-15,22-23,46H2,1-4,6H3,(H2,47,62)(H,48,60)(H,49,52,64)(H,50,51,63)/b10-9+. The predicted molar refractivity (Wildman–Crippen MR) is 255 cm³/mol. The number of rotatable bonds is 20. The fourth-order valence-electron chi connectivity index (χ4n) is 7.74. The van der Waals surface area contributed by atoms with Crippen molar-refractivity contribution < 1.29 is 38.2 Å². The zero-order valence-electron chi connectivity index (χ0n) is 38.2. The monoisotopic (exact) mass is 948 g/mol. The fraction of sp³-hybridized carbons (Fsp3) is 0.333. The molecule has 6 amide bonds. The molecule has 6 aromatic rings. The number of carbonyl (C=O) groups is 6. The molecule has 0 spiro atoms. The SMILES string of the molecule is C=C(N)c1cc(OCCCNC(=O)CN2C(=O)CC(S)C2=O)c2c(c1)nc(NC(=O)c1cc(C)nn1CC)n2C/C=C/Cn1c(NC(=O)c2cc(C)nn2CC)nc2cc(C(N)=O)cc(OC)c21. The molecular weight excluding hydrogens is 897 g/mol. The lowest BCUT2D eigenvalue weighted by atomic mass is 10.1. The lowest BCUT2D eigenvalue weighted by molar-refractivity contribution is -0.142. The van der Waals surface area contributed by atoms with Gasteiger partial charge in [0.2, 0.25) is 35.5 Å². The van der Waals surface area contributed by atoms with Crippen LogP contribution in [-0.2, 0) is 40.6 Å². The van der Waals surface area contributed by atoms with Gasteiger partial charge in [0.05, 0.1) is 41.4 Å². The number of nitrogens with one attached hydrogen (secondary N) is 3. The number of hydrogen-bond acceptors (Lipinski definition) is 14. The van der Waals surface area contributed by atoms with E-state index >= 15 is 0 Å². The molecule has 23 heteroatoms. The summed E-state index contributed by atoms with van der Waals surface area (Å²) in [5.41, 5.74) is 16.5. The van der Waals surface area contributed by atoms with Gasteiger partial charge in [-0.15, -0.1) is 0 Å². The summed E-state index contributed by atoms with van der Waals surface area (Å²) in [6, 6.07) is 9.80. The van der Waals surface area contributed by atoms with Crippen molar-refractivity contribution in [1.29, 1.82) is 0 Å². The van der Waals surface area contributed by atoms with E-state index < -0.39 is 47.2 Å². The third-order valence-corrected chi connectivity index (χ3v) is 11.4. The third kappa shape index (κ3) is 10.1. The lowest BCUT2D eigenvalue weighted by Crippen LogP contribution is -2.41. The average molecular weight is 949 g/mol. The fourth-order valence-corrected chi connectivity index (χ4v) is 8.04. The molecule has 1 unspecified atom stereocenters. The molecule has 68 heavy (non-hydrogen) atoms. The molecule has 1 aliphatic heterocycles. The molecule has 1 fully saturated rings. The van der Waals surface area contributed by atoms with Crippen LogP contribution in [-0.4, -0.2) is 111 Å². The molecule has 1 saturated heterocycles. The maximum atomic E-state index is 13.9. The highest BCUT2D eigenvalue weighted by atomic mass is 32.1. The minimum Gasteiger partial charge on any atom is -0.494 e. The number of likely N-dealkylation sites (tertiary alicyclic amines) is 1. The van der Waals surface area contributed by atoms with Gasteiger partial charge in [-0.05, 0) is 70.5 Å². The summed E-state index contributed by atoms with van der Waals surface area (Å²) in [4.78, 5) is 87.3. The second-order valence-corrected chi connectivity index (χ2v) is 16.4. The summed E-state index contributed by atoms with van der Waals surface area (Å²) >= 11 is 4.11. The number of primary amides is 1. The number of nitrogens with zero attached hydrogens (tertiary/aromatic N) is 9. The largest absolute Gasteiger partial charge is 0.494 e. The Balaban J connectivity index is 1.20. The van der Waals surface area contributed by atoms with Crippen LogP contribution in [0.4, 0.5) is 11.9 Å². The first-order chi connectivity index (χ1) is 32.5. The number of ether oxygens (including phenoxy) is 2. The molecule has 22 nitrogen and oxygen atoms in total. The van der Waals surface area contributed by atoms with E-state index in [0.717, 1.165) is 4.90 Å². The van der Waals surface area contributed by atoms with Gasteiger partial charge in [-0.3, -0.25) is 53.7 Å². The molecule has 4 aromatic heterocycles. The number of hydrogen-bond donors (Lipinski definition) is 6. The number of aromatic nitrogens is 8. The minimum absolute atomic E-state index is 0.0576. The number of carbonyl (C=O) groups excluding carboxylic acids is 6. The van der Waals surface area contributed by atoms with E-state index in [-0.39, 0.29) is 55.8 Å². The molecule has 0 radical (unpaired) electrons. The number of methoxy groups -OCH3 is 1. The highest BCUT2D eigenvalue weighted by Crippen LogP contribution is 2.34. The Kier molecular flexibility index (Phi) is 14.3. The Morgan fingerprint density at radius 2 is 1.35 bits per heavy atom. The molecule has 0 saturated carbocycles. The molecular formula is C45H52N14O8S. The van der Waals surface area contributed by atoms with Crippen LogP contribution >= 0.6 is 12.6 Å². The number of fused-ring (bicyclic) bond motifs is 2. The molecule has 0 aliphatic carbocycles. The van der Waals surface area contributed by atoms with Gasteiger partial charge < -0.3 is 35.4 Å². The second kappa shape index (κ2) is 20.3. The molecule has 5 heterocycles. The number of aryl methyl sites for hydroxylation is 4. The predicted octanol–water partition coefficient (Wildman–Crippen LogP) is 3.18. The van der Waals surface area contributed by atoms with Crippen molar-refractivity contribution in [3.8, 4) is 11.5 Å². The van der Waals surface area contributed by atoms with E-state index in [4.69, 9.17) is 30.9 Å². The number of allylic oxidation sites excluding steroid dienone is 2. The van der Waals surface area contributed by atoms with Crippen LogP contribution in [0.2, 0.25) is 0 Å². The second-order valence-electron chi connectivity index (χ2n) is 15.8. The quantitative estimate of drug-likeness (QED) is 0.0278. The van der Waals surface area contributed by atoms with Crippen molar-refractivity contribution in [3.05, 3.63) is 89.0 Å². The Labute approximate surface area is 395 Å². The number of benzene rings is 2. The minimum atomic E-state index is -0.761. The summed E-state index contributed by atoms with van der Waals surface area (Å²) < 4.78 is 18.7. The van der Waals surface area contributed by atoms with Crippen LogP contribution in [0.25, 0.3) is 27.8 Å². The zero-order valence-corrected chi connectivity index (χ0v) is 39.1. The van der Waals surface area contributed by atoms with Crippen molar-refractivity contribution in [1.82, 2.24) is 48.9 Å². The molecule has 2 aromatic carbocycles. The number of anilines is 2. The van der Waals surface area contributed by atoms with E-state index in [9.17, 15) is 28.8 Å². The van der Waals surface area contributed by atoms with Gasteiger partial charge in [-0.25, -0.2) is 9.97 Å². The Bertz CT molecular complexity index is 3030. The van der Waals surface area contributed by atoms with Crippen LogP contribution in [0, 0.1) is 13.8 Å². The third-order valence-electron chi connectivity index (χ3n) is 11.0. The van der Waals surface area contributed by atoms with Crippen molar-refractivity contribution in [2.24, 2.45) is 11.5 Å². The number of amides is 6. The van der Waals surface area contributed by atoms with E-state index in [1.54, 1.807) is 56.6 Å². The van der Waals surface area contributed by atoms with Crippen LogP contribution in [0.1, 0.15) is 75.0 Å². The maximum absolute atomic E-state index is 13.9. The van der Waals surface area contributed by atoms with Crippen molar-refractivity contribution in [3.63, 3.8) is 0 Å². The molecule has 356 valence electrons. The van der Waals surface area contributed by atoms with Crippen LogP contribution in [0.5, 0.6) is 11.5 Å². The zero-order chi connectivity index (χ0) is 49.0. The van der Waals surface area contributed by atoms with E-state index in [1.165, 1.54) is 19.2 Å². The summed E-state index contributed by atoms with van der Waals surface area (Å²) in [5, 5.41) is 16.6. The first kappa shape index (κ1) is 48.0. The van der Waals surface area contributed by atoms with Gasteiger partial charge in [-0.1, -0.05) is 18.7 Å². The lowest BCUT2D eigenvalue weighted by Gasteiger charge is -2.15. The molecule has 7 N–H and O–H groups in total. The first-order valence-corrected chi connectivity index (χ1v) is 22.2. The smallest absolute Gasteiger partial charge is 0.276 e. The average Bonchev–Trinajstić information content (AvgIpc) is 4.11. The van der Waals surface area contributed by atoms with Gasteiger partial charge in [-0.2, -0.15) is 22.8 Å². The molecule has 1 atom stereocenters. The van der Waals surface area contributed by atoms with Crippen molar-refractivity contribution in [2.45, 2.75) is 72.0 Å².